The Kier molecular flexibility index (Phi) is 8.36. The lowest BCUT2D eigenvalue weighted by Crippen LogP contribution is -2.28. The molecule has 0 heterocycles. The Balaban J connectivity index is 1.08. The molecule has 2 aliphatic carbocycles. The number of allylic oxidation sites excluding steroid dienone is 2. The van der Waals surface area contributed by atoms with Gasteiger partial charge in [0.25, 0.3) is 0 Å². The molecule has 39 heavy (non-hydrogen) atoms. The summed E-state index contributed by atoms with van der Waals surface area (Å²) in [6.45, 7) is 8.25. The first-order valence-electron chi connectivity index (χ1n) is 14.3. The van der Waals surface area contributed by atoms with Crippen LogP contribution in [-0.4, -0.2) is 12.8 Å². The van der Waals surface area contributed by atoms with Gasteiger partial charge in [0.2, 0.25) is 0 Å². The molecule has 0 aliphatic heterocycles. The smallest absolute Gasteiger partial charge is 0.105 e. The van der Waals surface area contributed by atoms with Crippen molar-refractivity contribution in [3.63, 3.8) is 0 Å². The number of hydrogen-bond acceptors (Lipinski definition) is 3. The van der Waals surface area contributed by atoms with Crippen LogP contribution in [-0.2, 0) is 11.3 Å². The molecule has 3 N–H and O–H groups in total. The van der Waals surface area contributed by atoms with Crippen molar-refractivity contribution in [2.24, 2.45) is 5.92 Å². The molecule has 0 amide bonds. The molecule has 0 aromatic heterocycles. The highest BCUT2D eigenvalue weighted by Crippen LogP contribution is 2.40. The van der Waals surface area contributed by atoms with Crippen molar-refractivity contribution in [3.8, 4) is 23.5 Å². The summed E-state index contributed by atoms with van der Waals surface area (Å²) in [5.74, 6) is 4.26. The van der Waals surface area contributed by atoms with Crippen LogP contribution in [0.3, 0.4) is 0 Å². The molecule has 0 spiro atoms. The van der Waals surface area contributed by atoms with E-state index in [0.717, 1.165) is 60.4 Å². The lowest BCUT2D eigenvalue weighted by atomic mass is 9.89. The number of nitrogens with one attached hydrogen (secondary N) is 1. The summed E-state index contributed by atoms with van der Waals surface area (Å²) in [7, 11) is 0. The first-order chi connectivity index (χ1) is 18.9. The van der Waals surface area contributed by atoms with Gasteiger partial charge in [0.1, 0.15) is 6.23 Å². The van der Waals surface area contributed by atoms with E-state index in [1.807, 2.05) is 12.1 Å². The average molecular weight is 517 g/mol. The predicted molar refractivity (Wildman–Crippen MR) is 165 cm³/mol. The summed E-state index contributed by atoms with van der Waals surface area (Å²) in [5, 5.41) is 3.54. The van der Waals surface area contributed by atoms with Gasteiger partial charge in [-0.2, -0.15) is 0 Å². The van der Waals surface area contributed by atoms with E-state index >= 15 is 0 Å². The van der Waals surface area contributed by atoms with E-state index in [2.05, 4.69) is 98.8 Å². The summed E-state index contributed by atoms with van der Waals surface area (Å²) < 4.78 is 6.09. The molecule has 3 atom stereocenters. The highest BCUT2D eigenvalue weighted by molar-refractivity contribution is 5.80. The van der Waals surface area contributed by atoms with E-state index in [1.165, 1.54) is 22.3 Å². The Morgan fingerprint density at radius 1 is 0.949 bits per heavy atom. The van der Waals surface area contributed by atoms with Crippen molar-refractivity contribution in [2.75, 3.05) is 12.3 Å². The van der Waals surface area contributed by atoms with Crippen LogP contribution in [0.2, 0.25) is 0 Å². The van der Waals surface area contributed by atoms with Crippen LogP contribution in [0, 0.1) is 18.3 Å². The Bertz CT molecular complexity index is 1420. The van der Waals surface area contributed by atoms with Gasteiger partial charge < -0.3 is 10.5 Å². The van der Waals surface area contributed by atoms with E-state index < -0.39 is 0 Å². The summed E-state index contributed by atoms with van der Waals surface area (Å²) in [5.41, 5.74) is 17.0. The number of terminal acetylenes is 1. The summed E-state index contributed by atoms with van der Waals surface area (Å²) in [4.78, 5) is 0. The molecular formula is C36H40N2O. The molecule has 0 fully saturated rings. The SMILES string of the molecule is C#Cc1cccc(-c2cc(N)c3c(c2)C(CCCCOC(C)NCc2ccc4c(c2)C(C(C)C)C=C4)C=C3)c1. The van der Waals surface area contributed by atoms with Gasteiger partial charge in [0, 0.05) is 41.8 Å². The number of hydrogen-bond donors (Lipinski definition) is 2. The number of nitrogens with two attached hydrogens (primary N) is 1. The molecule has 200 valence electrons. The van der Waals surface area contributed by atoms with Crippen LogP contribution >= 0.6 is 0 Å². The second-order valence-electron chi connectivity index (χ2n) is 11.2. The molecule has 0 radical (unpaired) electrons. The van der Waals surface area contributed by atoms with Gasteiger partial charge in [0.15, 0.2) is 0 Å². The Morgan fingerprint density at radius 3 is 2.64 bits per heavy atom. The lowest BCUT2D eigenvalue weighted by Gasteiger charge is -2.18. The topological polar surface area (TPSA) is 47.3 Å². The van der Waals surface area contributed by atoms with E-state index in [4.69, 9.17) is 16.9 Å². The summed E-state index contributed by atoms with van der Waals surface area (Å²) in [6.07, 6.45) is 17.9. The monoisotopic (exact) mass is 516 g/mol. The predicted octanol–water partition coefficient (Wildman–Crippen LogP) is 8.12. The van der Waals surface area contributed by atoms with E-state index in [1.54, 1.807) is 0 Å². The largest absolute Gasteiger partial charge is 0.398 e. The minimum Gasteiger partial charge on any atom is -0.398 e. The quantitative estimate of drug-likeness (QED) is 0.117. The fourth-order valence-electron chi connectivity index (χ4n) is 5.84. The molecule has 5 rings (SSSR count). The first-order valence-corrected chi connectivity index (χ1v) is 14.3. The lowest BCUT2D eigenvalue weighted by molar-refractivity contribution is 0.0389. The van der Waals surface area contributed by atoms with Crippen LogP contribution in [0.5, 0.6) is 0 Å². The molecule has 0 saturated heterocycles. The Hall–Kier alpha value is -3.58. The minimum atomic E-state index is 0.0190. The third-order valence-corrected chi connectivity index (χ3v) is 8.08. The normalized spacial score (nSPS) is 17.8. The molecule has 3 nitrogen and oxygen atoms in total. The second kappa shape index (κ2) is 12.1. The molecule has 3 unspecified atom stereocenters. The molecule has 3 heteroatoms. The summed E-state index contributed by atoms with van der Waals surface area (Å²) >= 11 is 0. The van der Waals surface area contributed by atoms with Crippen LogP contribution < -0.4 is 11.1 Å². The van der Waals surface area contributed by atoms with Crippen molar-refractivity contribution in [1.29, 1.82) is 0 Å². The van der Waals surface area contributed by atoms with Crippen molar-refractivity contribution in [2.45, 2.75) is 64.6 Å². The van der Waals surface area contributed by atoms with E-state index in [-0.39, 0.29) is 6.23 Å². The number of anilines is 1. The zero-order chi connectivity index (χ0) is 27.4. The number of benzene rings is 3. The fourth-order valence-corrected chi connectivity index (χ4v) is 5.84. The molecular weight excluding hydrogens is 476 g/mol. The Morgan fingerprint density at radius 2 is 1.82 bits per heavy atom. The van der Waals surface area contributed by atoms with E-state index in [9.17, 15) is 0 Å². The third-order valence-electron chi connectivity index (χ3n) is 8.08. The van der Waals surface area contributed by atoms with E-state index in [0.29, 0.717) is 17.8 Å². The maximum Gasteiger partial charge on any atom is 0.105 e. The first kappa shape index (κ1) is 27.0. The number of nitrogen functional groups attached to an aromatic ring is 1. The van der Waals surface area contributed by atoms with Crippen LogP contribution in [0.25, 0.3) is 23.3 Å². The standard InChI is InChI=1S/C36H40N2O/c1-5-26-9-8-11-30(19-26)31-21-35-28(15-17-33(35)36(37)22-31)10-6-7-18-39-25(4)38-23-27-12-13-29-14-16-32(24(2)3)34(29)20-27/h1,8-9,11-17,19-22,24-25,28,32,38H,6-7,10,18,23,37H2,2-4H3. The molecule has 2 aliphatic rings. The average Bonchev–Trinajstić information content (AvgIpc) is 3.56. The van der Waals surface area contributed by atoms with Gasteiger partial charge >= 0.3 is 0 Å². The Labute approximate surface area is 234 Å². The highest BCUT2D eigenvalue weighted by Gasteiger charge is 2.21. The van der Waals surface area contributed by atoms with Crippen LogP contribution in [0.1, 0.15) is 85.3 Å². The highest BCUT2D eigenvalue weighted by atomic mass is 16.5. The molecule has 3 aromatic rings. The van der Waals surface area contributed by atoms with Gasteiger partial charge in [-0.05, 0) is 83.3 Å². The van der Waals surface area contributed by atoms with Gasteiger partial charge in [-0.25, -0.2) is 0 Å². The zero-order valence-electron chi connectivity index (χ0n) is 23.4. The molecule has 0 saturated carbocycles. The number of ether oxygens (including phenoxy) is 1. The third kappa shape index (κ3) is 6.19. The van der Waals surface area contributed by atoms with Crippen molar-refractivity contribution in [1.82, 2.24) is 5.32 Å². The molecule has 3 aromatic carbocycles. The zero-order valence-corrected chi connectivity index (χ0v) is 23.4. The van der Waals surface area contributed by atoms with Gasteiger partial charge in [0.05, 0.1) is 0 Å². The summed E-state index contributed by atoms with van der Waals surface area (Å²) in [6, 6.07) is 19.3. The van der Waals surface area contributed by atoms with Crippen molar-refractivity contribution < 1.29 is 4.74 Å². The number of unbranched alkanes of at least 4 members (excludes halogenated alkanes) is 1. The van der Waals surface area contributed by atoms with Gasteiger partial charge in [-0.3, -0.25) is 5.32 Å². The maximum absolute atomic E-state index is 6.45. The fraction of sp³-hybridized carbons (Fsp3) is 0.333. The second-order valence-corrected chi connectivity index (χ2v) is 11.2. The van der Waals surface area contributed by atoms with Crippen LogP contribution in [0.4, 0.5) is 5.69 Å². The van der Waals surface area contributed by atoms with Crippen molar-refractivity contribution >= 4 is 17.8 Å². The number of fused-ring (bicyclic) bond motifs is 2. The van der Waals surface area contributed by atoms with Gasteiger partial charge in [-0.1, -0.05) is 80.8 Å². The van der Waals surface area contributed by atoms with Crippen LogP contribution in [0.15, 0.2) is 66.7 Å². The van der Waals surface area contributed by atoms with Crippen molar-refractivity contribution in [3.05, 3.63) is 100 Å². The number of rotatable bonds is 11. The maximum atomic E-state index is 6.45. The molecule has 0 bridgehead atoms. The minimum absolute atomic E-state index is 0.0190. The van der Waals surface area contributed by atoms with Gasteiger partial charge in [-0.15, -0.1) is 6.42 Å².